The molecule has 2 amide bonds. The summed E-state index contributed by atoms with van der Waals surface area (Å²) in [5.41, 5.74) is 4.25. The summed E-state index contributed by atoms with van der Waals surface area (Å²) in [4.78, 5) is 39.4. The van der Waals surface area contributed by atoms with Gasteiger partial charge in [-0.25, -0.2) is 24.5 Å². The zero-order valence-corrected chi connectivity index (χ0v) is 26.8. The molecule has 5 rings (SSSR count). The number of thiazole rings is 1. The van der Waals surface area contributed by atoms with E-state index in [0.29, 0.717) is 31.2 Å². The van der Waals surface area contributed by atoms with Gasteiger partial charge < -0.3 is 35.4 Å². The van der Waals surface area contributed by atoms with Crippen LogP contribution in [-0.2, 0) is 11.2 Å². The Bertz CT molecular complexity index is 1730. The number of hydrogen-bond donors (Lipinski definition) is 4. The van der Waals surface area contributed by atoms with Crippen molar-refractivity contribution in [2.24, 2.45) is 0 Å². The number of urea groups is 1. The highest BCUT2D eigenvalue weighted by atomic mass is 32.1. The van der Waals surface area contributed by atoms with E-state index in [1.165, 1.54) is 11.3 Å². The van der Waals surface area contributed by atoms with Crippen molar-refractivity contribution in [2.45, 2.75) is 19.8 Å². The number of amides is 2. The van der Waals surface area contributed by atoms with Crippen molar-refractivity contribution in [3.8, 4) is 16.3 Å². The average molecular weight is 656 g/mol. The molecule has 0 aliphatic rings. The highest BCUT2D eigenvalue weighted by molar-refractivity contribution is 7.21. The van der Waals surface area contributed by atoms with E-state index in [0.717, 1.165) is 63.8 Å². The summed E-state index contributed by atoms with van der Waals surface area (Å²) in [6.07, 6.45) is 1.87. The SMILES string of the molecule is CCN(CCCOc1ccc(-c2nc3c(NCCc4ccc(NC(=O)Nc5ccccc5)cc4)ncnc3s2)cc1)CCOC(=O)O. The predicted molar refractivity (Wildman–Crippen MR) is 185 cm³/mol. The molecule has 0 bridgehead atoms. The molecular formula is C34H37N7O5S. The normalized spacial score (nSPS) is 10.9. The topological polar surface area (TPSA) is 151 Å². The molecule has 0 atom stereocenters. The minimum atomic E-state index is -1.25. The number of para-hydroxylation sites is 1. The Hall–Kier alpha value is -5.27. The van der Waals surface area contributed by atoms with Crippen LogP contribution >= 0.6 is 11.3 Å². The number of ether oxygens (including phenoxy) is 2. The Morgan fingerprint density at radius 3 is 2.36 bits per heavy atom. The van der Waals surface area contributed by atoms with Crippen molar-refractivity contribution in [3.63, 3.8) is 0 Å². The van der Waals surface area contributed by atoms with Gasteiger partial charge in [0.2, 0.25) is 0 Å². The lowest BCUT2D eigenvalue weighted by atomic mass is 10.1. The fourth-order valence-electron chi connectivity index (χ4n) is 4.76. The van der Waals surface area contributed by atoms with Crippen LogP contribution in [0.1, 0.15) is 18.9 Å². The van der Waals surface area contributed by atoms with Crippen molar-refractivity contribution < 1.29 is 24.2 Å². The van der Waals surface area contributed by atoms with Crippen molar-refractivity contribution in [1.29, 1.82) is 0 Å². The van der Waals surface area contributed by atoms with Gasteiger partial charge in [0, 0.05) is 36.6 Å². The molecule has 0 radical (unpaired) electrons. The molecule has 12 nitrogen and oxygen atoms in total. The molecule has 0 aliphatic heterocycles. The molecule has 4 N–H and O–H groups in total. The zero-order chi connectivity index (χ0) is 32.8. The lowest BCUT2D eigenvalue weighted by Crippen LogP contribution is -2.29. The lowest BCUT2D eigenvalue weighted by Gasteiger charge is -2.19. The van der Waals surface area contributed by atoms with E-state index < -0.39 is 6.16 Å². The van der Waals surface area contributed by atoms with Crippen LogP contribution < -0.4 is 20.7 Å². The minimum Gasteiger partial charge on any atom is -0.494 e. The first-order chi connectivity index (χ1) is 23.0. The first-order valence-corrected chi connectivity index (χ1v) is 16.2. The second kappa shape index (κ2) is 16.9. The number of nitrogens with one attached hydrogen (secondary N) is 3. The van der Waals surface area contributed by atoms with Crippen LogP contribution in [0.4, 0.5) is 26.8 Å². The lowest BCUT2D eigenvalue weighted by molar-refractivity contribution is 0.0801. The van der Waals surface area contributed by atoms with E-state index in [2.05, 4.69) is 35.6 Å². The number of carbonyl (C=O) groups is 2. The molecule has 0 unspecified atom stereocenters. The van der Waals surface area contributed by atoms with Gasteiger partial charge in [0.25, 0.3) is 0 Å². The zero-order valence-electron chi connectivity index (χ0n) is 26.0. The molecule has 2 heterocycles. The predicted octanol–water partition coefficient (Wildman–Crippen LogP) is 6.84. The molecular weight excluding hydrogens is 618 g/mol. The van der Waals surface area contributed by atoms with Crippen LogP contribution in [0.25, 0.3) is 20.9 Å². The van der Waals surface area contributed by atoms with Gasteiger partial charge in [0.1, 0.15) is 34.0 Å². The monoisotopic (exact) mass is 655 g/mol. The third-order valence-corrected chi connectivity index (χ3v) is 8.23. The van der Waals surface area contributed by atoms with Gasteiger partial charge in [-0.3, -0.25) is 0 Å². The van der Waals surface area contributed by atoms with Gasteiger partial charge in [-0.15, -0.1) is 0 Å². The molecule has 0 saturated carbocycles. The number of benzene rings is 3. The Morgan fingerprint density at radius 1 is 0.894 bits per heavy atom. The molecule has 0 saturated heterocycles. The van der Waals surface area contributed by atoms with Crippen LogP contribution in [0.3, 0.4) is 0 Å². The number of carboxylic acid groups (broad SMARTS) is 1. The summed E-state index contributed by atoms with van der Waals surface area (Å²) in [6.45, 7) is 5.56. The standard InChI is InChI=1S/C34H37N7O5S/c1-2-41(20-22-46-34(43)44)19-6-21-45-28-15-11-25(12-16-28)31-40-29-30(36-23-37-32(29)47-31)35-18-17-24-9-13-27(14-10-24)39-33(42)38-26-7-4-3-5-8-26/h3-5,7-16,23H,2,6,17-22H2,1H3,(H,43,44)(H,35,36,37)(H2,38,39,42). The summed E-state index contributed by atoms with van der Waals surface area (Å²) in [6, 6.07) is 24.6. The van der Waals surface area contributed by atoms with E-state index in [-0.39, 0.29) is 12.6 Å². The van der Waals surface area contributed by atoms with Gasteiger partial charge in [-0.1, -0.05) is 48.6 Å². The summed E-state index contributed by atoms with van der Waals surface area (Å²) >= 11 is 1.51. The van der Waals surface area contributed by atoms with E-state index in [4.69, 9.17) is 14.8 Å². The van der Waals surface area contributed by atoms with Gasteiger partial charge in [-0.05, 0) is 73.5 Å². The first kappa shape index (κ1) is 33.1. The van der Waals surface area contributed by atoms with E-state index in [9.17, 15) is 9.59 Å². The van der Waals surface area contributed by atoms with E-state index in [1.807, 2.05) is 85.8 Å². The average Bonchev–Trinajstić information content (AvgIpc) is 3.53. The second-order valence-electron chi connectivity index (χ2n) is 10.5. The summed E-state index contributed by atoms with van der Waals surface area (Å²) < 4.78 is 10.5. The number of carbonyl (C=O) groups excluding carboxylic acids is 1. The number of fused-ring (bicyclic) bond motifs is 1. The summed E-state index contributed by atoms with van der Waals surface area (Å²) in [7, 11) is 0. The molecule has 13 heteroatoms. The molecule has 47 heavy (non-hydrogen) atoms. The highest BCUT2D eigenvalue weighted by Gasteiger charge is 2.13. The number of anilines is 3. The van der Waals surface area contributed by atoms with Crippen LogP contribution in [0.2, 0.25) is 0 Å². The smallest absolute Gasteiger partial charge is 0.494 e. The second-order valence-corrected chi connectivity index (χ2v) is 11.5. The Balaban J connectivity index is 1.08. The van der Waals surface area contributed by atoms with Crippen molar-refractivity contribution in [2.75, 3.05) is 55.3 Å². The summed E-state index contributed by atoms with van der Waals surface area (Å²) in [5, 5.41) is 18.5. The third kappa shape index (κ3) is 10.1. The van der Waals surface area contributed by atoms with Crippen LogP contribution in [-0.4, -0.2) is 76.5 Å². The molecule has 0 fully saturated rings. The number of likely N-dealkylation sites (N-methyl/N-ethyl adjacent to an activating group) is 1. The molecule has 244 valence electrons. The van der Waals surface area contributed by atoms with Crippen LogP contribution in [0.15, 0.2) is 85.2 Å². The molecule has 3 aromatic carbocycles. The Morgan fingerprint density at radius 2 is 1.64 bits per heavy atom. The number of nitrogens with zero attached hydrogens (tertiary/aromatic N) is 4. The minimum absolute atomic E-state index is 0.159. The van der Waals surface area contributed by atoms with Gasteiger partial charge in [-0.2, -0.15) is 0 Å². The Labute approximate surface area is 276 Å². The fourth-order valence-corrected chi connectivity index (χ4v) is 5.68. The van der Waals surface area contributed by atoms with E-state index >= 15 is 0 Å². The fraction of sp³-hybridized carbons (Fsp3) is 0.265. The number of aromatic nitrogens is 3. The molecule has 0 aliphatic carbocycles. The first-order valence-electron chi connectivity index (χ1n) is 15.4. The van der Waals surface area contributed by atoms with Crippen molar-refractivity contribution >= 4 is 51.1 Å². The summed E-state index contributed by atoms with van der Waals surface area (Å²) in [5.74, 6) is 1.46. The van der Waals surface area contributed by atoms with Crippen molar-refractivity contribution in [1.82, 2.24) is 19.9 Å². The molecule has 2 aromatic heterocycles. The van der Waals surface area contributed by atoms with Crippen molar-refractivity contribution in [3.05, 3.63) is 90.8 Å². The van der Waals surface area contributed by atoms with Crippen LogP contribution in [0, 0.1) is 0 Å². The maximum absolute atomic E-state index is 12.3. The number of hydrogen-bond acceptors (Lipinski definition) is 10. The quantitative estimate of drug-likeness (QED) is 0.0657. The van der Waals surface area contributed by atoms with Crippen LogP contribution in [0.5, 0.6) is 5.75 Å². The number of rotatable bonds is 16. The Kier molecular flexibility index (Phi) is 11.9. The molecule has 0 spiro atoms. The third-order valence-electron chi connectivity index (χ3n) is 7.21. The van der Waals surface area contributed by atoms with Gasteiger partial charge in [0.15, 0.2) is 5.82 Å². The largest absolute Gasteiger partial charge is 0.505 e. The molecule has 5 aromatic rings. The maximum atomic E-state index is 12.3. The maximum Gasteiger partial charge on any atom is 0.505 e. The van der Waals surface area contributed by atoms with Gasteiger partial charge >= 0.3 is 12.2 Å². The van der Waals surface area contributed by atoms with Gasteiger partial charge in [0.05, 0.1) is 6.61 Å². The van der Waals surface area contributed by atoms with E-state index in [1.54, 1.807) is 6.33 Å². The highest BCUT2D eigenvalue weighted by Crippen LogP contribution is 2.32.